The van der Waals surface area contributed by atoms with Gasteiger partial charge in [-0.1, -0.05) is 13.8 Å². The number of aliphatic hydroxyl groups is 3. The van der Waals surface area contributed by atoms with E-state index in [1.54, 1.807) is 6.07 Å². The molecule has 1 spiro atoms. The number of fused-ring (bicyclic) bond motifs is 3. The van der Waals surface area contributed by atoms with Gasteiger partial charge in [-0.15, -0.1) is 0 Å². The molecule has 0 amide bonds. The van der Waals surface area contributed by atoms with Crippen molar-refractivity contribution in [1.82, 2.24) is 0 Å². The Labute approximate surface area is 176 Å². The van der Waals surface area contributed by atoms with Crippen molar-refractivity contribution in [2.24, 2.45) is 22.7 Å². The van der Waals surface area contributed by atoms with Crippen LogP contribution in [0.1, 0.15) is 70.3 Å². The van der Waals surface area contributed by atoms with Gasteiger partial charge in [0.2, 0.25) is 0 Å². The van der Waals surface area contributed by atoms with E-state index < -0.39 is 17.8 Å². The molecule has 6 rings (SSSR count). The summed E-state index contributed by atoms with van der Waals surface area (Å²) in [5.74, 6) is 0.488. The molecule has 0 bridgehead atoms. The Morgan fingerprint density at radius 3 is 2.47 bits per heavy atom. The summed E-state index contributed by atoms with van der Waals surface area (Å²) >= 11 is 0. The molecule has 30 heavy (non-hydrogen) atoms. The van der Waals surface area contributed by atoms with Crippen molar-refractivity contribution in [2.45, 2.75) is 94.2 Å². The zero-order valence-electron chi connectivity index (χ0n) is 17.7. The molecule has 164 valence electrons. The molecule has 1 saturated heterocycles. The smallest absolute Gasteiger partial charge is 0.335 e. The van der Waals surface area contributed by atoms with Crippen LogP contribution in [0.2, 0.25) is 0 Å². The van der Waals surface area contributed by atoms with Crippen LogP contribution in [0.5, 0.6) is 0 Å². The van der Waals surface area contributed by atoms with E-state index in [4.69, 9.17) is 9.15 Å². The Kier molecular flexibility index (Phi) is 3.75. The van der Waals surface area contributed by atoms with Gasteiger partial charge in [0.05, 0.1) is 24.1 Å². The largest absolute Gasteiger partial charge is 0.431 e. The molecular formula is C24H32O6. The third kappa shape index (κ3) is 2.07. The van der Waals surface area contributed by atoms with E-state index in [0.717, 1.165) is 37.7 Å². The summed E-state index contributed by atoms with van der Waals surface area (Å²) in [4.78, 5) is 11.5. The van der Waals surface area contributed by atoms with E-state index in [0.29, 0.717) is 18.8 Å². The van der Waals surface area contributed by atoms with Crippen LogP contribution in [-0.4, -0.2) is 44.8 Å². The molecule has 6 nitrogen and oxygen atoms in total. The van der Waals surface area contributed by atoms with Crippen molar-refractivity contribution < 1.29 is 24.5 Å². The first-order valence-electron chi connectivity index (χ1n) is 11.5. The second-order valence-corrected chi connectivity index (χ2v) is 11.2. The highest BCUT2D eigenvalue weighted by molar-refractivity contribution is 5.38. The topological polar surface area (TPSA) is 103 Å². The van der Waals surface area contributed by atoms with Crippen LogP contribution in [0, 0.1) is 22.7 Å². The van der Waals surface area contributed by atoms with Gasteiger partial charge in [0, 0.05) is 23.8 Å². The van der Waals surface area contributed by atoms with E-state index in [1.807, 2.05) is 0 Å². The Morgan fingerprint density at radius 1 is 1.00 bits per heavy atom. The van der Waals surface area contributed by atoms with E-state index in [-0.39, 0.29) is 40.0 Å². The van der Waals surface area contributed by atoms with E-state index in [1.165, 1.54) is 12.3 Å². The van der Waals surface area contributed by atoms with Gasteiger partial charge >= 0.3 is 5.63 Å². The van der Waals surface area contributed by atoms with Crippen LogP contribution in [0.25, 0.3) is 0 Å². The Bertz CT molecular complexity index is 923. The lowest BCUT2D eigenvalue weighted by atomic mass is 9.42. The summed E-state index contributed by atoms with van der Waals surface area (Å²) in [6.45, 7) is 4.46. The number of rotatable bonds is 1. The van der Waals surface area contributed by atoms with Gasteiger partial charge in [-0.3, -0.25) is 0 Å². The van der Waals surface area contributed by atoms with Crippen molar-refractivity contribution in [3.05, 3.63) is 34.4 Å². The van der Waals surface area contributed by atoms with Gasteiger partial charge in [0.1, 0.15) is 11.7 Å². The summed E-state index contributed by atoms with van der Waals surface area (Å²) in [6, 6.07) is 3.22. The molecule has 1 aliphatic heterocycles. The molecule has 0 aromatic carbocycles. The molecule has 2 heterocycles. The van der Waals surface area contributed by atoms with Crippen LogP contribution >= 0.6 is 0 Å². The zero-order chi connectivity index (χ0) is 21.1. The van der Waals surface area contributed by atoms with Crippen LogP contribution in [0.4, 0.5) is 0 Å². The Balaban J connectivity index is 1.40. The molecule has 0 radical (unpaired) electrons. The number of hydrogen-bond acceptors (Lipinski definition) is 6. The Hall–Kier alpha value is -1.21. The number of epoxide rings is 1. The quantitative estimate of drug-likeness (QED) is 0.607. The maximum atomic E-state index is 11.6. The van der Waals surface area contributed by atoms with Crippen LogP contribution in [0.15, 0.2) is 27.6 Å². The number of hydrogen-bond donors (Lipinski definition) is 3. The van der Waals surface area contributed by atoms with E-state index >= 15 is 0 Å². The average Bonchev–Trinajstić information content (AvgIpc) is 3.41. The van der Waals surface area contributed by atoms with Gasteiger partial charge in [-0.25, -0.2) is 4.79 Å². The third-order valence-corrected chi connectivity index (χ3v) is 10.3. The zero-order valence-corrected chi connectivity index (χ0v) is 17.7. The molecule has 3 N–H and O–H groups in total. The monoisotopic (exact) mass is 416 g/mol. The number of aliphatic hydroxyl groups excluding tert-OH is 2. The molecule has 1 aromatic heterocycles. The van der Waals surface area contributed by atoms with Gasteiger partial charge in [-0.2, -0.15) is 0 Å². The maximum Gasteiger partial charge on any atom is 0.335 e. The van der Waals surface area contributed by atoms with Crippen molar-refractivity contribution in [3.8, 4) is 0 Å². The molecule has 0 unspecified atom stereocenters. The molecular weight excluding hydrogens is 384 g/mol. The first-order valence-corrected chi connectivity index (χ1v) is 11.5. The highest BCUT2D eigenvalue weighted by atomic mass is 16.6. The van der Waals surface area contributed by atoms with Gasteiger partial charge < -0.3 is 24.5 Å². The normalized spacial score (nSPS) is 56.4. The first-order chi connectivity index (χ1) is 14.2. The summed E-state index contributed by atoms with van der Waals surface area (Å²) in [6.07, 6.45) is 5.74. The Morgan fingerprint density at radius 2 is 1.73 bits per heavy atom. The highest BCUT2D eigenvalue weighted by Gasteiger charge is 2.84. The predicted octanol–water partition coefficient (Wildman–Crippen LogP) is 2.34. The summed E-state index contributed by atoms with van der Waals surface area (Å²) in [5, 5.41) is 33.1. The van der Waals surface area contributed by atoms with Crippen molar-refractivity contribution in [1.29, 1.82) is 0 Å². The second kappa shape index (κ2) is 5.77. The SMILES string of the molecule is C[C@]12CC[C@H](O)C[C@@]1(O)CC[C@@H]1[C@H]2CC[C@]2(C)[C@@H](c3ccc(=O)oc3)[C@@H](O)[C@H]3O[C@]132. The minimum absolute atomic E-state index is 0.122. The predicted molar refractivity (Wildman–Crippen MR) is 108 cm³/mol. The molecule has 6 heteroatoms. The van der Waals surface area contributed by atoms with Crippen molar-refractivity contribution >= 4 is 0 Å². The lowest BCUT2D eigenvalue weighted by molar-refractivity contribution is -0.224. The van der Waals surface area contributed by atoms with E-state index in [2.05, 4.69) is 13.8 Å². The summed E-state index contributed by atoms with van der Waals surface area (Å²) < 4.78 is 11.6. The van der Waals surface area contributed by atoms with Gasteiger partial charge in [-0.05, 0) is 67.4 Å². The van der Waals surface area contributed by atoms with Gasteiger partial charge in [0.15, 0.2) is 0 Å². The van der Waals surface area contributed by atoms with Crippen LogP contribution < -0.4 is 5.63 Å². The average molecular weight is 417 g/mol. The van der Waals surface area contributed by atoms with E-state index in [9.17, 15) is 20.1 Å². The second-order valence-electron chi connectivity index (χ2n) is 11.2. The van der Waals surface area contributed by atoms with Gasteiger partial charge in [0.25, 0.3) is 0 Å². The van der Waals surface area contributed by atoms with Crippen molar-refractivity contribution in [2.75, 3.05) is 0 Å². The number of ether oxygens (including phenoxy) is 1. The lowest BCUT2D eigenvalue weighted by Crippen LogP contribution is -2.65. The minimum Gasteiger partial charge on any atom is -0.431 e. The first kappa shape index (κ1) is 19.5. The highest BCUT2D eigenvalue weighted by Crippen LogP contribution is 2.78. The lowest BCUT2D eigenvalue weighted by Gasteiger charge is -2.63. The summed E-state index contributed by atoms with van der Waals surface area (Å²) in [7, 11) is 0. The third-order valence-electron chi connectivity index (χ3n) is 10.3. The molecule has 1 aromatic rings. The molecule has 5 aliphatic rings. The standard InChI is InChI=1S/C24H32O6/c1-21-8-5-14(25)11-23(21,28)10-7-16-15(21)6-9-22(2)18(13-3-4-17(26)29-12-13)19(27)20-24(16,22)30-20/h3-4,12,14-16,18-20,25,27-28H,5-11H2,1-2H3/t14-,15+,16+,18-,19+,20+,21+,22+,23-,24+/m0/s1. The fourth-order valence-corrected chi connectivity index (χ4v) is 8.81. The maximum absolute atomic E-state index is 11.6. The fraction of sp³-hybridized carbons (Fsp3) is 0.792. The minimum atomic E-state index is -0.819. The summed E-state index contributed by atoms with van der Waals surface area (Å²) in [5.41, 5.74) is -1.17. The fourth-order valence-electron chi connectivity index (χ4n) is 8.81. The molecule has 5 fully saturated rings. The molecule has 10 atom stereocenters. The molecule has 4 aliphatic carbocycles. The van der Waals surface area contributed by atoms with Crippen LogP contribution in [0.3, 0.4) is 0 Å². The molecule has 4 saturated carbocycles. The van der Waals surface area contributed by atoms with Crippen molar-refractivity contribution in [3.63, 3.8) is 0 Å². The van der Waals surface area contributed by atoms with Crippen LogP contribution in [-0.2, 0) is 4.74 Å².